The summed E-state index contributed by atoms with van der Waals surface area (Å²) in [5.74, 6) is 1.33. The second-order valence-electron chi connectivity index (χ2n) is 7.17. The first kappa shape index (κ1) is 19.2. The molecule has 3 heterocycles. The van der Waals surface area contributed by atoms with E-state index in [-0.39, 0.29) is 5.56 Å². The molecule has 1 saturated heterocycles. The summed E-state index contributed by atoms with van der Waals surface area (Å²) in [7, 11) is 1.58. The van der Waals surface area contributed by atoms with E-state index in [2.05, 4.69) is 26.2 Å². The number of halogens is 1. The van der Waals surface area contributed by atoms with E-state index < -0.39 is 0 Å². The number of piperidine rings is 1. The molecule has 2 aromatic heterocycles. The molecular formula is C20H19ClN6O2. The number of anilines is 1. The molecule has 0 atom stereocenters. The molecule has 8 nitrogen and oxygen atoms in total. The van der Waals surface area contributed by atoms with Gasteiger partial charge in [0.25, 0.3) is 17.4 Å². The summed E-state index contributed by atoms with van der Waals surface area (Å²) in [5, 5.41) is 17.9. The molecule has 0 saturated carbocycles. The summed E-state index contributed by atoms with van der Waals surface area (Å²) < 4.78 is 6.57. The van der Waals surface area contributed by atoms with Crippen molar-refractivity contribution in [2.24, 2.45) is 13.0 Å². The van der Waals surface area contributed by atoms with Crippen LogP contribution in [-0.4, -0.2) is 33.0 Å². The van der Waals surface area contributed by atoms with Gasteiger partial charge in [0.2, 0.25) is 0 Å². The first-order valence-electron chi connectivity index (χ1n) is 9.35. The van der Waals surface area contributed by atoms with Crippen molar-refractivity contribution in [2.75, 3.05) is 18.0 Å². The third-order valence-electron chi connectivity index (χ3n) is 5.10. The van der Waals surface area contributed by atoms with E-state index in [1.165, 1.54) is 10.7 Å². The standard InChI is InChI=1S/C20H19ClN6O2/c1-26-18(28)3-2-17(24-26)19-23-20(25-29-19)27-6-4-13(5-7-27)8-14-9-15(12-22)11-16(21)10-14/h2-3,9-11,13H,4-8H2,1H3. The summed E-state index contributed by atoms with van der Waals surface area (Å²) in [6.45, 7) is 1.63. The van der Waals surface area contributed by atoms with Crippen molar-refractivity contribution in [3.8, 4) is 17.7 Å². The normalized spacial score (nSPS) is 14.7. The van der Waals surface area contributed by atoms with Crippen molar-refractivity contribution >= 4 is 17.5 Å². The van der Waals surface area contributed by atoms with Gasteiger partial charge in [0.1, 0.15) is 5.69 Å². The SMILES string of the molecule is Cn1nc(-c2nc(N3CCC(Cc4cc(Cl)cc(C#N)c4)CC3)no2)ccc1=O. The maximum atomic E-state index is 11.5. The van der Waals surface area contributed by atoms with Gasteiger partial charge >= 0.3 is 0 Å². The third-order valence-corrected chi connectivity index (χ3v) is 5.32. The Bertz CT molecular complexity index is 1120. The lowest BCUT2D eigenvalue weighted by molar-refractivity contribution is 0.390. The van der Waals surface area contributed by atoms with E-state index in [9.17, 15) is 4.79 Å². The van der Waals surface area contributed by atoms with Gasteiger partial charge in [-0.2, -0.15) is 15.3 Å². The smallest absolute Gasteiger partial charge is 0.279 e. The lowest BCUT2D eigenvalue weighted by atomic mass is 9.90. The zero-order chi connectivity index (χ0) is 20.4. The summed E-state index contributed by atoms with van der Waals surface area (Å²) in [6.07, 6.45) is 2.86. The van der Waals surface area contributed by atoms with Crippen LogP contribution in [0, 0.1) is 17.2 Å². The molecule has 0 unspecified atom stereocenters. The number of nitrogens with zero attached hydrogens (tertiary/aromatic N) is 6. The second-order valence-corrected chi connectivity index (χ2v) is 7.61. The minimum absolute atomic E-state index is 0.197. The van der Waals surface area contributed by atoms with Crippen LogP contribution in [0.1, 0.15) is 24.0 Å². The summed E-state index contributed by atoms with van der Waals surface area (Å²) in [4.78, 5) is 18.0. The number of aromatic nitrogens is 4. The highest BCUT2D eigenvalue weighted by Crippen LogP contribution is 2.27. The van der Waals surface area contributed by atoms with Crippen molar-refractivity contribution in [2.45, 2.75) is 19.3 Å². The fraction of sp³-hybridized carbons (Fsp3) is 0.350. The Morgan fingerprint density at radius 3 is 2.79 bits per heavy atom. The summed E-state index contributed by atoms with van der Waals surface area (Å²) in [6, 6.07) is 10.7. The predicted octanol–water partition coefficient (Wildman–Crippen LogP) is 2.81. The Morgan fingerprint density at radius 2 is 2.07 bits per heavy atom. The van der Waals surface area contributed by atoms with Gasteiger partial charge in [-0.05, 0) is 60.2 Å². The van der Waals surface area contributed by atoms with Crippen molar-refractivity contribution < 1.29 is 4.52 Å². The topological polar surface area (TPSA) is 101 Å². The first-order chi connectivity index (χ1) is 14.0. The fourth-order valence-electron chi connectivity index (χ4n) is 3.57. The van der Waals surface area contributed by atoms with Gasteiger partial charge in [-0.25, -0.2) is 4.68 Å². The van der Waals surface area contributed by atoms with Crippen LogP contribution in [0.25, 0.3) is 11.6 Å². The van der Waals surface area contributed by atoms with Crippen LogP contribution >= 0.6 is 11.6 Å². The van der Waals surface area contributed by atoms with Crippen LogP contribution in [0.4, 0.5) is 5.95 Å². The number of hydrogen-bond donors (Lipinski definition) is 0. The molecule has 4 rings (SSSR count). The molecule has 0 aliphatic carbocycles. The maximum Gasteiger partial charge on any atom is 0.279 e. The van der Waals surface area contributed by atoms with Crippen molar-refractivity contribution in [1.29, 1.82) is 5.26 Å². The average molecular weight is 411 g/mol. The van der Waals surface area contributed by atoms with Crippen LogP contribution in [0.3, 0.4) is 0 Å². The molecule has 9 heteroatoms. The fourth-order valence-corrected chi connectivity index (χ4v) is 3.83. The van der Waals surface area contributed by atoms with Crippen LogP contribution in [-0.2, 0) is 13.5 Å². The Morgan fingerprint density at radius 1 is 1.28 bits per heavy atom. The van der Waals surface area contributed by atoms with Gasteiger partial charge in [0.05, 0.1) is 11.6 Å². The van der Waals surface area contributed by atoms with Crippen molar-refractivity contribution in [3.05, 3.63) is 56.8 Å². The van der Waals surface area contributed by atoms with E-state index in [1.54, 1.807) is 19.2 Å². The predicted molar refractivity (Wildman–Crippen MR) is 108 cm³/mol. The van der Waals surface area contributed by atoms with Crippen LogP contribution in [0.2, 0.25) is 5.02 Å². The number of nitriles is 1. The number of benzene rings is 1. The zero-order valence-electron chi connectivity index (χ0n) is 15.9. The molecule has 148 valence electrons. The third kappa shape index (κ3) is 4.30. The molecule has 0 amide bonds. The number of hydrogen-bond acceptors (Lipinski definition) is 7. The lowest BCUT2D eigenvalue weighted by Gasteiger charge is -2.31. The molecule has 3 aromatic rings. The highest BCUT2D eigenvalue weighted by Gasteiger charge is 2.23. The highest BCUT2D eigenvalue weighted by molar-refractivity contribution is 6.30. The van der Waals surface area contributed by atoms with Crippen LogP contribution < -0.4 is 10.5 Å². The molecule has 0 spiro atoms. The Balaban J connectivity index is 1.39. The lowest BCUT2D eigenvalue weighted by Crippen LogP contribution is -2.35. The Kier molecular flexibility index (Phi) is 5.32. The minimum Gasteiger partial charge on any atom is -0.338 e. The second kappa shape index (κ2) is 8.05. The van der Waals surface area contributed by atoms with Gasteiger partial charge in [-0.1, -0.05) is 11.6 Å². The Hall–Kier alpha value is -3.18. The minimum atomic E-state index is -0.197. The van der Waals surface area contributed by atoms with Crippen molar-refractivity contribution in [1.82, 2.24) is 19.9 Å². The average Bonchev–Trinajstić information content (AvgIpc) is 3.20. The quantitative estimate of drug-likeness (QED) is 0.651. The number of rotatable bonds is 4. The van der Waals surface area contributed by atoms with Gasteiger partial charge in [0.15, 0.2) is 0 Å². The van der Waals surface area contributed by atoms with Gasteiger partial charge < -0.3 is 9.42 Å². The van der Waals surface area contributed by atoms with E-state index in [0.29, 0.717) is 34.0 Å². The van der Waals surface area contributed by atoms with Gasteiger partial charge in [-0.3, -0.25) is 4.79 Å². The largest absolute Gasteiger partial charge is 0.338 e. The van der Waals surface area contributed by atoms with Gasteiger partial charge in [-0.15, -0.1) is 0 Å². The summed E-state index contributed by atoms with van der Waals surface area (Å²) >= 11 is 6.11. The van der Waals surface area contributed by atoms with Crippen molar-refractivity contribution in [3.63, 3.8) is 0 Å². The van der Waals surface area contributed by atoms with E-state index in [0.717, 1.165) is 37.9 Å². The molecule has 1 fully saturated rings. The monoisotopic (exact) mass is 410 g/mol. The van der Waals surface area contributed by atoms with Gasteiger partial charge in [0, 0.05) is 31.2 Å². The van der Waals surface area contributed by atoms with E-state index >= 15 is 0 Å². The van der Waals surface area contributed by atoms with E-state index in [1.807, 2.05) is 12.1 Å². The molecule has 1 aliphatic rings. The highest BCUT2D eigenvalue weighted by atomic mass is 35.5. The number of aryl methyl sites for hydroxylation is 1. The maximum absolute atomic E-state index is 11.5. The molecule has 1 aromatic carbocycles. The molecule has 29 heavy (non-hydrogen) atoms. The molecule has 1 aliphatic heterocycles. The Labute approximate surface area is 172 Å². The van der Waals surface area contributed by atoms with E-state index in [4.69, 9.17) is 21.4 Å². The molecule has 0 N–H and O–H groups in total. The molecular weight excluding hydrogens is 392 g/mol. The first-order valence-corrected chi connectivity index (χ1v) is 9.72. The summed E-state index contributed by atoms with van der Waals surface area (Å²) in [5.41, 5.74) is 1.96. The van der Waals surface area contributed by atoms with Crippen LogP contribution in [0.5, 0.6) is 0 Å². The molecule has 0 radical (unpaired) electrons. The van der Waals surface area contributed by atoms with Crippen LogP contribution in [0.15, 0.2) is 39.6 Å². The molecule has 0 bridgehead atoms. The zero-order valence-corrected chi connectivity index (χ0v) is 16.6.